The molecule has 5 nitrogen and oxygen atoms in total. The molecule has 0 heterocycles. The van der Waals surface area contributed by atoms with Crippen LogP contribution in [0.25, 0.3) is 0 Å². The first-order valence-electron chi connectivity index (χ1n) is 6.95. The molecule has 1 amide bonds. The van der Waals surface area contributed by atoms with Crippen LogP contribution in [0.3, 0.4) is 0 Å². The maximum Gasteiger partial charge on any atom is 0.338 e. The molecule has 1 rings (SSSR count). The fraction of sp³-hybridized carbons (Fsp3) is 0.467. The molecule has 0 spiro atoms. The first-order chi connectivity index (χ1) is 9.67. The number of rotatable bonds is 8. The maximum atomic E-state index is 11.5. The van der Waals surface area contributed by atoms with Gasteiger partial charge in [-0.2, -0.15) is 0 Å². The van der Waals surface area contributed by atoms with Crippen molar-refractivity contribution in [3.63, 3.8) is 0 Å². The van der Waals surface area contributed by atoms with E-state index in [0.717, 1.165) is 12.1 Å². The third kappa shape index (κ3) is 5.73. The normalized spacial score (nSPS) is 9.90. The van der Waals surface area contributed by atoms with Gasteiger partial charge in [-0.3, -0.25) is 4.79 Å². The lowest BCUT2D eigenvalue weighted by molar-refractivity contribution is -0.120. The third-order valence-electron chi connectivity index (χ3n) is 2.65. The van der Waals surface area contributed by atoms with Gasteiger partial charge in [0.1, 0.15) is 0 Å². The minimum atomic E-state index is -0.321. The predicted octanol–water partition coefficient (Wildman–Crippen LogP) is 2.19. The van der Waals surface area contributed by atoms with Crippen molar-refractivity contribution >= 4 is 17.6 Å². The molecule has 0 aliphatic carbocycles. The number of hydrogen-bond donors (Lipinski definition) is 2. The number of hydrogen-bond acceptors (Lipinski definition) is 4. The molecule has 1 aromatic rings. The summed E-state index contributed by atoms with van der Waals surface area (Å²) in [5.41, 5.74) is 1.40. The van der Waals surface area contributed by atoms with Crippen LogP contribution in [0.5, 0.6) is 0 Å². The van der Waals surface area contributed by atoms with Crippen LogP contribution in [0, 0.1) is 0 Å². The quantitative estimate of drug-likeness (QED) is 0.715. The molecular weight excluding hydrogens is 256 g/mol. The summed E-state index contributed by atoms with van der Waals surface area (Å²) in [6.07, 6.45) is 1.37. The van der Waals surface area contributed by atoms with Crippen LogP contribution in [0.1, 0.15) is 37.0 Å². The fourth-order valence-electron chi connectivity index (χ4n) is 1.61. The summed E-state index contributed by atoms with van der Waals surface area (Å²) in [4.78, 5) is 22.9. The second-order valence-electron chi connectivity index (χ2n) is 4.32. The van der Waals surface area contributed by atoms with Gasteiger partial charge in [0.15, 0.2) is 0 Å². The van der Waals surface area contributed by atoms with Gasteiger partial charge in [-0.25, -0.2) is 4.79 Å². The molecule has 1 aromatic carbocycles. The second kappa shape index (κ2) is 8.96. The average molecular weight is 278 g/mol. The molecule has 0 saturated carbocycles. The minimum absolute atomic E-state index is 0.0440. The lowest BCUT2D eigenvalue weighted by atomic mass is 10.2. The summed E-state index contributed by atoms with van der Waals surface area (Å²) in [5, 5.41) is 5.95. The number of esters is 1. The number of ether oxygens (including phenoxy) is 1. The van der Waals surface area contributed by atoms with Crippen molar-refractivity contribution in [2.75, 3.05) is 25.0 Å². The Kier molecular flexibility index (Phi) is 7.17. The van der Waals surface area contributed by atoms with E-state index in [9.17, 15) is 9.59 Å². The van der Waals surface area contributed by atoms with Crippen molar-refractivity contribution in [3.05, 3.63) is 29.8 Å². The van der Waals surface area contributed by atoms with Gasteiger partial charge in [0.2, 0.25) is 5.91 Å². The standard InChI is InChI=1S/C15H22N2O3/c1-3-10-17-14(18)9-11-16-13-7-5-12(6-8-13)15(19)20-4-2/h5-8,16H,3-4,9-11H2,1-2H3,(H,17,18). The van der Waals surface area contributed by atoms with Crippen LogP contribution in [-0.4, -0.2) is 31.6 Å². The Morgan fingerprint density at radius 3 is 2.40 bits per heavy atom. The molecule has 0 radical (unpaired) electrons. The van der Waals surface area contributed by atoms with Crippen molar-refractivity contribution in [1.82, 2.24) is 5.32 Å². The van der Waals surface area contributed by atoms with Gasteiger partial charge in [0.25, 0.3) is 0 Å². The van der Waals surface area contributed by atoms with E-state index in [1.807, 2.05) is 6.92 Å². The number of anilines is 1. The molecule has 2 N–H and O–H groups in total. The van der Waals surface area contributed by atoms with Gasteiger partial charge in [0.05, 0.1) is 12.2 Å². The number of benzene rings is 1. The smallest absolute Gasteiger partial charge is 0.338 e. The molecule has 0 saturated heterocycles. The van der Waals surface area contributed by atoms with E-state index < -0.39 is 0 Å². The van der Waals surface area contributed by atoms with Gasteiger partial charge in [0, 0.05) is 25.2 Å². The van der Waals surface area contributed by atoms with Crippen LogP contribution in [0.4, 0.5) is 5.69 Å². The molecule has 0 aromatic heterocycles. The first kappa shape index (κ1) is 16.0. The van der Waals surface area contributed by atoms with Crippen LogP contribution in [-0.2, 0) is 9.53 Å². The SMILES string of the molecule is CCCNC(=O)CCNc1ccc(C(=O)OCC)cc1. The molecule has 0 atom stereocenters. The van der Waals surface area contributed by atoms with Crippen molar-refractivity contribution in [2.24, 2.45) is 0 Å². The number of amides is 1. The molecule has 0 unspecified atom stereocenters. The van der Waals surface area contributed by atoms with E-state index in [4.69, 9.17) is 4.74 Å². The Bertz CT molecular complexity index is 429. The Labute approximate surface area is 119 Å². The van der Waals surface area contributed by atoms with E-state index in [0.29, 0.717) is 31.7 Å². The fourth-order valence-corrected chi connectivity index (χ4v) is 1.61. The molecular formula is C15H22N2O3. The highest BCUT2D eigenvalue weighted by molar-refractivity contribution is 5.89. The predicted molar refractivity (Wildman–Crippen MR) is 78.8 cm³/mol. The van der Waals surface area contributed by atoms with Gasteiger partial charge in [-0.15, -0.1) is 0 Å². The highest BCUT2D eigenvalue weighted by atomic mass is 16.5. The van der Waals surface area contributed by atoms with Crippen molar-refractivity contribution < 1.29 is 14.3 Å². The molecule has 0 aliphatic heterocycles. The van der Waals surface area contributed by atoms with Crippen LogP contribution >= 0.6 is 0 Å². The lowest BCUT2D eigenvalue weighted by Crippen LogP contribution is -2.25. The zero-order chi connectivity index (χ0) is 14.8. The summed E-state index contributed by atoms with van der Waals surface area (Å²) < 4.78 is 4.91. The van der Waals surface area contributed by atoms with E-state index in [-0.39, 0.29) is 11.9 Å². The monoisotopic (exact) mass is 278 g/mol. The highest BCUT2D eigenvalue weighted by Crippen LogP contribution is 2.10. The summed E-state index contributed by atoms with van der Waals surface area (Å²) >= 11 is 0. The van der Waals surface area contributed by atoms with Gasteiger partial charge in [-0.05, 0) is 37.6 Å². The van der Waals surface area contributed by atoms with E-state index in [1.165, 1.54) is 0 Å². The van der Waals surface area contributed by atoms with E-state index >= 15 is 0 Å². The van der Waals surface area contributed by atoms with Crippen molar-refractivity contribution in [3.8, 4) is 0 Å². The Morgan fingerprint density at radius 1 is 1.10 bits per heavy atom. The largest absolute Gasteiger partial charge is 0.462 e. The molecule has 20 heavy (non-hydrogen) atoms. The van der Waals surface area contributed by atoms with Gasteiger partial charge >= 0.3 is 5.97 Å². The van der Waals surface area contributed by atoms with Crippen LogP contribution < -0.4 is 10.6 Å². The molecule has 0 aliphatic rings. The zero-order valence-corrected chi connectivity index (χ0v) is 12.1. The second-order valence-corrected chi connectivity index (χ2v) is 4.32. The number of carbonyl (C=O) groups excluding carboxylic acids is 2. The number of carbonyl (C=O) groups is 2. The van der Waals surface area contributed by atoms with E-state index in [2.05, 4.69) is 10.6 Å². The summed E-state index contributed by atoms with van der Waals surface area (Å²) in [5.74, 6) is -0.277. The van der Waals surface area contributed by atoms with Crippen molar-refractivity contribution in [2.45, 2.75) is 26.7 Å². The molecule has 5 heteroatoms. The van der Waals surface area contributed by atoms with Crippen molar-refractivity contribution in [1.29, 1.82) is 0 Å². The maximum absolute atomic E-state index is 11.5. The Hall–Kier alpha value is -2.04. The molecule has 0 bridgehead atoms. The summed E-state index contributed by atoms with van der Waals surface area (Å²) in [7, 11) is 0. The zero-order valence-electron chi connectivity index (χ0n) is 12.1. The average Bonchev–Trinajstić information content (AvgIpc) is 2.46. The minimum Gasteiger partial charge on any atom is -0.462 e. The molecule has 0 fully saturated rings. The highest BCUT2D eigenvalue weighted by Gasteiger charge is 2.05. The lowest BCUT2D eigenvalue weighted by Gasteiger charge is -2.07. The Morgan fingerprint density at radius 2 is 1.80 bits per heavy atom. The summed E-state index contributed by atoms with van der Waals surface area (Å²) in [6, 6.07) is 7.02. The first-order valence-corrected chi connectivity index (χ1v) is 6.95. The number of nitrogens with one attached hydrogen (secondary N) is 2. The Balaban J connectivity index is 2.35. The van der Waals surface area contributed by atoms with Crippen LogP contribution in [0.2, 0.25) is 0 Å². The topological polar surface area (TPSA) is 67.4 Å². The summed E-state index contributed by atoms with van der Waals surface area (Å²) in [6.45, 7) is 5.44. The van der Waals surface area contributed by atoms with Gasteiger partial charge < -0.3 is 15.4 Å². The third-order valence-corrected chi connectivity index (χ3v) is 2.65. The van der Waals surface area contributed by atoms with Crippen LogP contribution in [0.15, 0.2) is 24.3 Å². The van der Waals surface area contributed by atoms with Gasteiger partial charge in [-0.1, -0.05) is 6.92 Å². The van der Waals surface area contributed by atoms with E-state index in [1.54, 1.807) is 31.2 Å². The molecule has 110 valence electrons.